The number of rotatable bonds is 2. The fourth-order valence-electron chi connectivity index (χ4n) is 0.169. The van der Waals surface area contributed by atoms with Crippen molar-refractivity contribution in [3.8, 4) is 0 Å². The van der Waals surface area contributed by atoms with Crippen LogP contribution in [0.5, 0.6) is 0 Å². The highest BCUT2D eigenvalue weighted by molar-refractivity contribution is 7.99. The molecule has 0 saturated carbocycles. The first-order valence-corrected chi connectivity index (χ1v) is 3.54. The SMILES string of the molecule is CCN=CS(=O)(=O)O. The molecule has 0 aliphatic heterocycles. The van der Waals surface area contributed by atoms with Crippen LogP contribution in [-0.4, -0.2) is 25.1 Å². The summed E-state index contributed by atoms with van der Waals surface area (Å²) in [4.78, 5) is 3.28. The monoisotopic (exact) mass is 137 g/mol. The van der Waals surface area contributed by atoms with Gasteiger partial charge in [0.05, 0.1) is 0 Å². The summed E-state index contributed by atoms with van der Waals surface area (Å²) < 4.78 is 27.6. The van der Waals surface area contributed by atoms with Gasteiger partial charge in [0.1, 0.15) is 5.55 Å². The molecule has 0 radical (unpaired) electrons. The summed E-state index contributed by atoms with van der Waals surface area (Å²) in [5.41, 5.74) is 0.521. The molecular formula is C3H7NO3S. The van der Waals surface area contributed by atoms with Crippen LogP contribution in [0.3, 0.4) is 0 Å². The van der Waals surface area contributed by atoms with Gasteiger partial charge in [-0.3, -0.25) is 9.55 Å². The normalized spacial score (nSPS) is 12.8. The van der Waals surface area contributed by atoms with Crippen LogP contribution >= 0.6 is 0 Å². The van der Waals surface area contributed by atoms with Crippen molar-refractivity contribution in [3.63, 3.8) is 0 Å². The molecule has 0 spiro atoms. The van der Waals surface area contributed by atoms with Crippen molar-refractivity contribution in [2.75, 3.05) is 6.54 Å². The molecule has 0 saturated heterocycles. The third-order valence-electron chi connectivity index (χ3n) is 0.390. The third-order valence-corrected chi connectivity index (χ3v) is 0.806. The van der Waals surface area contributed by atoms with Crippen molar-refractivity contribution in [3.05, 3.63) is 0 Å². The highest BCUT2D eigenvalue weighted by Gasteiger charge is 1.93. The van der Waals surface area contributed by atoms with Gasteiger partial charge in [-0.1, -0.05) is 0 Å². The van der Waals surface area contributed by atoms with E-state index in [0.717, 1.165) is 0 Å². The maximum Gasteiger partial charge on any atom is 0.304 e. The van der Waals surface area contributed by atoms with Crippen LogP contribution < -0.4 is 0 Å². The first kappa shape index (κ1) is 7.58. The molecule has 0 rings (SSSR count). The lowest BCUT2D eigenvalue weighted by molar-refractivity contribution is 0.499. The van der Waals surface area contributed by atoms with Crippen molar-refractivity contribution in [2.24, 2.45) is 4.99 Å². The van der Waals surface area contributed by atoms with Crippen LogP contribution in [0.4, 0.5) is 0 Å². The molecule has 0 atom stereocenters. The van der Waals surface area contributed by atoms with Gasteiger partial charge in [-0.05, 0) is 6.92 Å². The molecule has 8 heavy (non-hydrogen) atoms. The molecule has 0 fully saturated rings. The van der Waals surface area contributed by atoms with Crippen molar-refractivity contribution >= 4 is 15.7 Å². The van der Waals surface area contributed by atoms with E-state index in [2.05, 4.69) is 4.99 Å². The summed E-state index contributed by atoms with van der Waals surface area (Å²) >= 11 is 0. The van der Waals surface area contributed by atoms with Crippen LogP contribution in [0, 0.1) is 0 Å². The van der Waals surface area contributed by atoms with Gasteiger partial charge in [0.25, 0.3) is 0 Å². The van der Waals surface area contributed by atoms with Crippen molar-refractivity contribution < 1.29 is 13.0 Å². The van der Waals surface area contributed by atoms with E-state index in [1.807, 2.05) is 0 Å². The van der Waals surface area contributed by atoms with Crippen LogP contribution in [0.2, 0.25) is 0 Å². The molecule has 0 unspecified atom stereocenters. The minimum atomic E-state index is -3.98. The van der Waals surface area contributed by atoms with Crippen molar-refractivity contribution in [1.29, 1.82) is 0 Å². The predicted octanol–water partition coefficient (Wildman–Crippen LogP) is -0.0776. The predicted molar refractivity (Wildman–Crippen MR) is 30.6 cm³/mol. The molecule has 0 amide bonds. The largest absolute Gasteiger partial charge is 0.304 e. The first-order chi connectivity index (χ1) is 3.56. The van der Waals surface area contributed by atoms with Gasteiger partial charge in [0.2, 0.25) is 0 Å². The van der Waals surface area contributed by atoms with E-state index in [4.69, 9.17) is 4.55 Å². The summed E-state index contributed by atoms with van der Waals surface area (Å²) in [5, 5.41) is 0. The summed E-state index contributed by atoms with van der Waals surface area (Å²) in [6, 6.07) is 0. The number of hydrogen-bond donors (Lipinski definition) is 1. The Morgan fingerprint density at radius 2 is 2.25 bits per heavy atom. The van der Waals surface area contributed by atoms with E-state index in [9.17, 15) is 8.42 Å². The number of nitrogens with zero attached hydrogens (tertiary/aromatic N) is 1. The Balaban J connectivity index is 3.92. The fourth-order valence-corrected chi connectivity index (χ4v) is 0.506. The maximum atomic E-state index is 9.80. The van der Waals surface area contributed by atoms with Crippen molar-refractivity contribution in [2.45, 2.75) is 6.92 Å². The minimum Gasteiger partial charge on any atom is -0.281 e. The summed E-state index contributed by atoms with van der Waals surface area (Å²) in [5.74, 6) is 0. The van der Waals surface area contributed by atoms with Gasteiger partial charge in [-0.15, -0.1) is 0 Å². The molecule has 0 aliphatic carbocycles. The molecule has 0 aromatic carbocycles. The zero-order valence-corrected chi connectivity index (χ0v) is 5.22. The third kappa shape index (κ3) is 5.58. The second-order valence-corrected chi connectivity index (χ2v) is 2.36. The molecule has 0 bridgehead atoms. The lowest BCUT2D eigenvalue weighted by Gasteiger charge is -1.79. The smallest absolute Gasteiger partial charge is 0.281 e. The fraction of sp³-hybridized carbons (Fsp3) is 0.667. The molecule has 0 aliphatic rings. The van der Waals surface area contributed by atoms with Crippen molar-refractivity contribution in [1.82, 2.24) is 0 Å². The molecule has 0 aromatic rings. The zero-order chi connectivity index (χ0) is 6.62. The highest BCUT2D eigenvalue weighted by atomic mass is 32.2. The van der Waals surface area contributed by atoms with Crippen LogP contribution in [-0.2, 0) is 10.1 Å². The quantitative estimate of drug-likeness (QED) is 0.329. The van der Waals surface area contributed by atoms with E-state index in [-0.39, 0.29) is 0 Å². The Bertz CT molecular complexity index is 169. The van der Waals surface area contributed by atoms with E-state index < -0.39 is 10.1 Å². The molecule has 1 N–H and O–H groups in total. The Morgan fingerprint density at radius 1 is 1.75 bits per heavy atom. The van der Waals surface area contributed by atoms with Gasteiger partial charge in [-0.25, -0.2) is 0 Å². The average Bonchev–Trinajstić information content (AvgIpc) is 1.59. The molecule has 5 heteroatoms. The molecule has 0 heterocycles. The standard InChI is InChI=1S/C3H7NO3S/c1-2-4-3-8(5,6)7/h3H,2H2,1H3,(H,5,6,7). The minimum absolute atomic E-state index is 0.361. The van der Waals surface area contributed by atoms with Gasteiger partial charge in [0.15, 0.2) is 0 Å². The zero-order valence-electron chi connectivity index (χ0n) is 4.40. The molecule has 0 aromatic heterocycles. The van der Waals surface area contributed by atoms with Crippen LogP contribution in [0.15, 0.2) is 4.99 Å². The first-order valence-electron chi connectivity index (χ1n) is 2.03. The average molecular weight is 137 g/mol. The second kappa shape index (κ2) is 2.78. The maximum absolute atomic E-state index is 9.80. The Labute approximate surface area is 48.0 Å². The number of hydrogen-bond acceptors (Lipinski definition) is 3. The van der Waals surface area contributed by atoms with Crippen LogP contribution in [0.25, 0.3) is 0 Å². The van der Waals surface area contributed by atoms with E-state index >= 15 is 0 Å². The molecular weight excluding hydrogens is 130 g/mol. The van der Waals surface area contributed by atoms with E-state index in [1.165, 1.54) is 0 Å². The lowest BCUT2D eigenvalue weighted by Crippen LogP contribution is -1.96. The highest BCUT2D eigenvalue weighted by Crippen LogP contribution is 1.73. The topological polar surface area (TPSA) is 66.7 Å². The van der Waals surface area contributed by atoms with E-state index in [0.29, 0.717) is 12.1 Å². The van der Waals surface area contributed by atoms with Gasteiger partial charge >= 0.3 is 10.1 Å². The summed E-state index contributed by atoms with van der Waals surface area (Å²) in [7, 11) is -3.98. The summed E-state index contributed by atoms with van der Waals surface area (Å²) in [6.07, 6.45) is 0. The number of aliphatic imine (C=N–C) groups is 1. The van der Waals surface area contributed by atoms with Gasteiger partial charge in [-0.2, -0.15) is 8.42 Å². The Morgan fingerprint density at radius 3 is 2.38 bits per heavy atom. The van der Waals surface area contributed by atoms with Gasteiger partial charge in [0, 0.05) is 6.54 Å². The molecule has 48 valence electrons. The molecule has 4 nitrogen and oxygen atoms in total. The Kier molecular flexibility index (Phi) is 2.64. The Hall–Kier alpha value is -0.420. The van der Waals surface area contributed by atoms with Crippen LogP contribution in [0.1, 0.15) is 6.92 Å². The van der Waals surface area contributed by atoms with Gasteiger partial charge < -0.3 is 0 Å². The van der Waals surface area contributed by atoms with E-state index in [1.54, 1.807) is 6.92 Å². The lowest BCUT2D eigenvalue weighted by atomic mass is 10.8. The summed E-state index contributed by atoms with van der Waals surface area (Å²) in [6.45, 7) is 2.03. The second-order valence-electron chi connectivity index (χ2n) is 1.12.